The summed E-state index contributed by atoms with van der Waals surface area (Å²) in [5, 5.41) is 8.19. The summed E-state index contributed by atoms with van der Waals surface area (Å²) in [6, 6.07) is 17.1. The van der Waals surface area contributed by atoms with Crippen LogP contribution in [0.5, 0.6) is 0 Å². The first kappa shape index (κ1) is 19.1. The molecule has 0 spiro atoms. The molecule has 2 N–H and O–H groups in total. The number of anilines is 2. The van der Waals surface area contributed by atoms with Gasteiger partial charge in [-0.15, -0.1) is 23.1 Å². The van der Waals surface area contributed by atoms with Gasteiger partial charge < -0.3 is 10.6 Å². The summed E-state index contributed by atoms with van der Waals surface area (Å²) in [6.45, 7) is 1.89. The Hall–Kier alpha value is -2.64. The van der Waals surface area contributed by atoms with E-state index in [0.717, 1.165) is 21.8 Å². The van der Waals surface area contributed by atoms with Crippen LogP contribution in [0.25, 0.3) is 0 Å². The quantitative estimate of drug-likeness (QED) is 0.581. The van der Waals surface area contributed by atoms with Crippen LogP contribution in [0.15, 0.2) is 64.9 Å². The number of aryl methyl sites for hydroxylation is 1. The van der Waals surface area contributed by atoms with E-state index in [0.29, 0.717) is 11.6 Å². The van der Waals surface area contributed by atoms with Gasteiger partial charge >= 0.3 is 0 Å². The van der Waals surface area contributed by atoms with Crippen LogP contribution in [0.3, 0.4) is 0 Å². The number of carbonyl (C=O) groups excluding carboxylic acids is 2. The zero-order valence-corrected chi connectivity index (χ0v) is 16.4. The molecule has 0 unspecified atom stereocenters. The minimum Gasteiger partial charge on any atom is -0.326 e. The van der Waals surface area contributed by atoms with Gasteiger partial charge in [-0.3, -0.25) is 9.59 Å². The van der Waals surface area contributed by atoms with Gasteiger partial charge in [0.05, 0.1) is 17.9 Å². The monoisotopic (exact) mass is 397 g/mol. The maximum atomic E-state index is 12.2. The lowest BCUT2D eigenvalue weighted by Crippen LogP contribution is -2.14. The fourth-order valence-electron chi connectivity index (χ4n) is 2.37. The summed E-state index contributed by atoms with van der Waals surface area (Å²) in [5.74, 6) is 0.105. The first-order chi connectivity index (χ1) is 13.1. The lowest BCUT2D eigenvalue weighted by atomic mass is 10.1. The van der Waals surface area contributed by atoms with Crippen LogP contribution in [-0.2, 0) is 16.0 Å². The lowest BCUT2D eigenvalue weighted by molar-refractivity contribution is -0.115. The second-order valence-corrected chi connectivity index (χ2v) is 7.78. The molecule has 7 heteroatoms. The molecule has 5 nitrogen and oxygen atoms in total. The molecule has 0 bridgehead atoms. The van der Waals surface area contributed by atoms with Gasteiger partial charge in [-0.05, 0) is 30.7 Å². The van der Waals surface area contributed by atoms with E-state index in [-0.39, 0.29) is 17.6 Å². The Morgan fingerprint density at radius 2 is 1.85 bits per heavy atom. The molecule has 138 valence electrons. The van der Waals surface area contributed by atoms with Gasteiger partial charge in [0.15, 0.2) is 5.13 Å². The Morgan fingerprint density at radius 3 is 2.59 bits per heavy atom. The molecular formula is C20H19N3O2S2. The van der Waals surface area contributed by atoms with Crippen molar-refractivity contribution >= 4 is 45.7 Å². The highest BCUT2D eigenvalue weighted by Gasteiger charge is 2.08. The van der Waals surface area contributed by atoms with E-state index < -0.39 is 0 Å². The summed E-state index contributed by atoms with van der Waals surface area (Å²) >= 11 is 2.82. The highest BCUT2D eigenvalue weighted by atomic mass is 32.2. The molecule has 2 amide bonds. The van der Waals surface area contributed by atoms with Crippen molar-refractivity contribution in [1.29, 1.82) is 0 Å². The second kappa shape index (κ2) is 9.34. The van der Waals surface area contributed by atoms with E-state index in [4.69, 9.17) is 0 Å². The first-order valence-electron chi connectivity index (χ1n) is 8.37. The molecule has 1 heterocycles. The number of hydrogen-bond acceptors (Lipinski definition) is 5. The fourth-order valence-corrected chi connectivity index (χ4v) is 3.83. The van der Waals surface area contributed by atoms with Crippen LogP contribution < -0.4 is 10.6 Å². The van der Waals surface area contributed by atoms with Crippen LogP contribution >= 0.6 is 23.1 Å². The third kappa shape index (κ3) is 6.23. The molecule has 0 saturated heterocycles. The van der Waals surface area contributed by atoms with Crippen molar-refractivity contribution in [3.63, 3.8) is 0 Å². The van der Waals surface area contributed by atoms with Gasteiger partial charge in [-0.2, -0.15) is 0 Å². The van der Waals surface area contributed by atoms with Gasteiger partial charge in [0, 0.05) is 16.0 Å². The zero-order valence-electron chi connectivity index (χ0n) is 14.8. The average molecular weight is 398 g/mol. The number of nitrogens with zero attached hydrogens (tertiary/aromatic N) is 1. The zero-order chi connectivity index (χ0) is 19.1. The van der Waals surface area contributed by atoms with E-state index in [1.54, 1.807) is 0 Å². The molecule has 27 heavy (non-hydrogen) atoms. The number of thioether (sulfide) groups is 1. The van der Waals surface area contributed by atoms with Gasteiger partial charge in [-0.25, -0.2) is 4.98 Å². The third-order valence-electron chi connectivity index (χ3n) is 3.56. The van der Waals surface area contributed by atoms with E-state index >= 15 is 0 Å². The molecule has 1 aromatic heterocycles. The van der Waals surface area contributed by atoms with Crippen LogP contribution in [0.4, 0.5) is 10.8 Å². The molecule has 3 aromatic rings. The van der Waals surface area contributed by atoms with Crippen molar-refractivity contribution < 1.29 is 9.59 Å². The summed E-state index contributed by atoms with van der Waals surface area (Å²) in [6.07, 6.45) is 0.327. The standard InChI is InChI=1S/C20H19N3O2S2/c1-14-12-27-20(21-14)23-19(25)13-26-17-9-5-8-16(11-17)22-18(24)10-15-6-3-2-4-7-15/h2-9,11-12H,10,13H2,1H3,(H,22,24)(H,21,23,25). The number of nitrogens with one attached hydrogen (secondary N) is 2. The van der Waals surface area contributed by atoms with Gasteiger partial charge in [-0.1, -0.05) is 36.4 Å². The molecule has 0 fully saturated rings. The summed E-state index contributed by atoms with van der Waals surface area (Å²) in [4.78, 5) is 29.3. The van der Waals surface area contributed by atoms with Gasteiger partial charge in [0.25, 0.3) is 0 Å². The maximum absolute atomic E-state index is 12.2. The predicted octanol–water partition coefficient (Wildman–Crippen LogP) is 4.36. The van der Waals surface area contributed by atoms with Crippen LogP contribution in [0, 0.1) is 6.92 Å². The van der Waals surface area contributed by atoms with E-state index in [1.807, 2.05) is 66.9 Å². The highest BCUT2D eigenvalue weighted by molar-refractivity contribution is 8.00. The maximum Gasteiger partial charge on any atom is 0.236 e. The normalized spacial score (nSPS) is 10.4. The van der Waals surface area contributed by atoms with Gasteiger partial charge in [0.2, 0.25) is 11.8 Å². The smallest absolute Gasteiger partial charge is 0.236 e. The number of carbonyl (C=O) groups is 2. The Balaban J connectivity index is 1.50. The molecule has 0 aliphatic carbocycles. The molecule has 0 saturated carbocycles. The molecule has 0 aliphatic rings. The second-order valence-electron chi connectivity index (χ2n) is 5.87. The van der Waals surface area contributed by atoms with Crippen LogP contribution in [-0.4, -0.2) is 22.6 Å². The van der Waals surface area contributed by atoms with E-state index in [2.05, 4.69) is 15.6 Å². The largest absolute Gasteiger partial charge is 0.326 e. The molecule has 0 aliphatic heterocycles. The summed E-state index contributed by atoms with van der Waals surface area (Å²) < 4.78 is 0. The highest BCUT2D eigenvalue weighted by Crippen LogP contribution is 2.22. The number of benzene rings is 2. The fraction of sp³-hybridized carbons (Fsp3) is 0.150. The molecule has 3 rings (SSSR count). The van der Waals surface area contributed by atoms with Crippen LogP contribution in [0.2, 0.25) is 0 Å². The van der Waals surface area contributed by atoms with Crippen LogP contribution in [0.1, 0.15) is 11.3 Å². The number of amides is 2. The van der Waals surface area contributed by atoms with Crippen molar-refractivity contribution in [3.05, 3.63) is 71.2 Å². The molecule has 0 atom stereocenters. The minimum absolute atomic E-state index is 0.0692. The minimum atomic E-state index is -0.104. The van der Waals surface area contributed by atoms with E-state index in [9.17, 15) is 9.59 Å². The Morgan fingerprint density at radius 1 is 1.04 bits per heavy atom. The SMILES string of the molecule is Cc1csc(NC(=O)CSc2cccc(NC(=O)Cc3ccccc3)c2)n1. The number of rotatable bonds is 7. The first-order valence-corrected chi connectivity index (χ1v) is 10.2. The Labute approximate surface area is 166 Å². The summed E-state index contributed by atoms with van der Waals surface area (Å²) in [7, 11) is 0. The molecule has 0 radical (unpaired) electrons. The predicted molar refractivity (Wildman–Crippen MR) is 111 cm³/mol. The third-order valence-corrected chi connectivity index (χ3v) is 5.43. The number of aromatic nitrogens is 1. The number of hydrogen-bond donors (Lipinski definition) is 2. The van der Waals surface area contributed by atoms with Crippen molar-refractivity contribution in [1.82, 2.24) is 4.98 Å². The van der Waals surface area contributed by atoms with E-state index in [1.165, 1.54) is 23.1 Å². The lowest BCUT2D eigenvalue weighted by Gasteiger charge is -2.08. The van der Waals surface area contributed by atoms with Crippen molar-refractivity contribution in [2.75, 3.05) is 16.4 Å². The average Bonchev–Trinajstić information content (AvgIpc) is 3.06. The number of thiazole rings is 1. The van der Waals surface area contributed by atoms with Crippen molar-refractivity contribution in [2.24, 2.45) is 0 Å². The Bertz CT molecular complexity index is 926. The molecule has 2 aromatic carbocycles. The summed E-state index contributed by atoms with van der Waals surface area (Å²) in [5.41, 5.74) is 2.58. The van der Waals surface area contributed by atoms with Crippen molar-refractivity contribution in [2.45, 2.75) is 18.2 Å². The molecular weight excluding hydrogens is 378 g/mol. The van der Waals surface area contributed by atoms with Gasteiger partial charge in [0.1, 0.15) is 0 Å². The Kier molecular flexibility index (Phi) is 6.62. The topological polar surface area (TPSA) is 71.1 Å². The van der Waals surface area contributed by atoms with Crippen molar-refractivity contribution in [3.8, 4) is 0 Å².